The van der Waals surface area contributed by atoms with Crippen LogP contribution in [0.4, 0.5) is 0 Å². The van der Waals surface area contributed by atoms with Crippen molar-refractivity contribution in [2.75, 3.05) is 13.1 Å². The van der Waals surface area contributed by atoms with Gasteiger partial charge in [0.1, 0.15) is 5.75 Å². The lowest BCUT2D eigenvalue weighted by atomic mass is 9.97. The molecule has 2 heterocycles. The first-order valence-corrected chi connectivity index (χ1v) is 11.4. The summed E-state index contributed by atoms with van der Waals surface area (Å²) in [6, 6.07) is 18.3. The summed E-state index contributed by atoms with van der Waals surface area (Å²) in [4.78, 5) is 15.2. The fourth-order valence-electron chi connectivity index (χ4n) is 3.95. The standard InChI is InChI=1S/C25H28N2O2S/c1-18(2)29-23-9-7-20(8-10-23)25(28)26-15-24(22-12-14-30-17-22)27-13-11-19-5-3-4-6-21(19)16-27/h3-10,12,14,17-18,24H,11,13,15-16H2,1-2H3,(H,26,28). The van der Waals surface area contributed by atoms with E-state index in [9.17, 15) is 4.79 Å². The van der Waals surface area contributed by atoms with Gasteiger partial charge in [-0.1, -0.05) is 24.3 Å². The van der Waals surface area contributed by atoms with Crippen LogP contribution in [0.15, 0.2) is 65.4 Å². The molecule has 1 aliphatic heterocycles. The molecule has 0 saturated carbocycles. The van der Waals surface area contributed by atoms with Crippen LogP contribution < -0.4 is 10.1 Å². The van der Waals surface area contributed by atoms with Gasteiger partial charge in [0.2, 0.25) is 0 Å². The highest BCUT2D eigenvalue weighted by Gasteiger charge is 2.25. The molecule has 3 aromatic rings. The van der Waals surface area contributed by atoms with Gasteiger partial charge in [0.05, 0.1) is 12.1 Å². The van der Waals surface area contributed by atoms with Crippen molar-refractivity contribution in [1.82, 2.24) is 10.2 Å². The smallest absolute Gasteiger partial charge is 0.251 e. The Balaban J connectivity index is 1.44. The molecule has 30 heavy (non-hydrogen) atoms. The number of benzene rings is 2. The summed E-state index contributed by atoms with van der Waals surface area (Å²) < 4.78 is 5.67. The van der Waals surface area contributed by atoms with Crippen LogP contribution in [0.3, 0.4) is 0 Å². The van der Waals surface area contributed by atoms with Crippen LogP contribution in [0.5, 0.6) is 5.75 Å². The number of rotatable bonds is 7. The van der Waals surface area contributed by atoms with E-state index in [1.54, 1.807) is 11.3 Å². The van der Waals surface area contributed by atoms with Crippen molar-refractivity contribution >= 4 is 17.2 Å². The summed E-state index contributed by atoms with van der Waals surface area (Å²) in [7, 11) is 0. The highest BCUT2D eigenvalue weighted by molar-refractivity contribution is 7.08. The zero-order valence-corrected chi connectivity index (χ0v) is 18.3. The van der Waals surface area contributed by atoms with Crippen LogP contribution in [0.25, 0.3) is 0 Å². The van der Waals surface area contributed by atoms with Crippen LogP contribution in [-0.4, -0.2) is 30.0 Å². The van der Waals surface area contributed by atoms with E-state index < -0.39 is 0 Å². The van der Waals surface area contributed by atoms with Crippen molar-refractivity contribution in [1.29, 1.82) is 0 Å². The second-order valence-electron chi connectivity index (χ2n) is 7.96. The topological polar surface area (TPSA) is 41.6 Å². The molecule has 1 aliphatic rings. The Kier molecular flexibility index (Phi) is 6.50. The second kappa shape index (κ2) is 9.45. The van der Waals surface area contributed by atoms with Gasteiger partial charge in [-0.3, -0.25) is 9.69 Å². The molecule has 1 atom stereocenters. The molecule has 4 nitrogen and oxygen atoms in total. The summed E-state index contributed by atoms with van der Waals surface area (Å²) in [6.07, 6.45) is 1.16. The molecule has 0 aliphatic carbocycles. The normalized spacial score (nSPS) is 14.9. The Morgan fingerprint density at radius 1 is 1.10 bits per heavy atom. The van der Waals surface area contributed by atoms with Crippen LogP contribution >= 0.6 is 11.3 Å². The number of hydrogen-bond donors (Lipinski definition) is 1. The summed E-state index contributed by atoms with van der Waals surface area (Å²) in [5, 5.41) is 7.45. The average molecular weight is 421 g/mol. The van der Waals surface area contributed by atoms with Gasteiger partial charge >= 0.3 is 0 Å². The Morgan fingerprint density at radius 2 is 1.87 bits per heavy atom. The summed E-state index contributed by atoms with van der Waals surface area (Å²) >= 11 is 1.70. The SMILES string of the molecule is CC(C)Oc1ccc(C(=O)NCC(c2ccsc2)N2CCc3ccccc3C2)cc1. The Hall–Kier alpha value is -2.63. The number of hydrogen-bond acceptors (Lipinski definition) is 4. The average Bonchev–Trinajstić information content (AvgIpc) is 3.28. The third-order valence-corrected chi connectivity index (χ3v) is 6.17. The van der Waals surface area contributed by atoms with Crippen molar-refractivity contribution in [3.63, 3.8) is 0 Å². The Bertz CT molecular complexity index is 967. The molecule has 5 heteroatoms. The molecule has 4 rings (SSSR count). The number of thiophene rings is 1. The second-order valence-corrected chi connectivity index (χ2v) is 8.74. The number of ether oxygens (including phenoxy) is 1. The molecule has 0 spiro atoms. The van der Waals surface area contributed by atoms with Crippen molar-refractivity contribution < 1.29 is 9.53 Å². The van der Waals surface area contributed by atoms with Gasteiger partial charge < -0.3 is 10.1 Å². The predicted octanol–water partition coefficient (Wildman–Crippen LogP) is 5.06. The third-order valence-electron chi connectivity index (χ3n) is 5.47. The highest BCUT2D eigenvalue weighted by atomic mass is 32.1. The fourth-order valence-corrected chi connectivity index (χ4v) is 4.66. The number of amides is 1. The van der Waals surface area contributed by atoms with Crippen LogP contribution in [0.1, 0.15) is 46.9 Å². The minimum Gasteiger partial charge on any atom is -0.491 e. The Morgan fingerprint density at radius 3 is 2.57 bits per heavy atom. The first-order valence-electron chi connectivity index (χ1n) is 10.5. The number of nitrogens with zero attached hydrogens (tertiary/aromatic N) is 1. The molecule has 1 unspecified atom stereocenters. The largest absolute Gasteiger partial charge is 0.491 e. The number of nitrogens with one attached hydrogen (secondary N) is 1. The maximum Gasteiger partial charge on any atom is 0.251 e. The van der Waals surface area contributed by atoms with E-state index in [4.69, 9.17) is 4.74 Å². The van der Waals surface area contributed by atoms with Crippen molar-refractivity contribution in [2.45, 2.75) is 39.0 Å². The molecule has 0 fully saturated rings. The van der Waals surface area contributed by atoms with Crippen LogP contribution in [-0.2, 0) is 13.0 Å². The summed E-state index contributed by atoms with van der Waals surface area (Å²) in [6.45, 7) is 6.47. The van der Waals surface area contributed by atoms with Crippen molar-refractivity contribution in [3.05, 3.63) is 87.6 Å². The van der Waals surface area contributed by atoms with Gasteiger partial charge in [0, 0.05) is 25.2 Å². The maximum absolute atomic E-state index is 12.8. The minimum absolute atomic E-state index is 0.0521. The minimum atomic E-state index is -0.0521. The quantitative estimate of drug-likeness (QED) is 0.581. The van der Waals surface area contributed by atoms with Crippen molar-refractivity contribution in [3.8, 4) is 5.75 Å². The molecule has 0 saturated heterocycles. The zero-order chi connectivity index (χ0) is 20.9. The van der Waals surface area contributed by atoms with E-state index >= 15 is 0 Å². The van der Waals surface area contributed by atoms with Crippen molar-refractivity contribution in [2.24, 2.45) is 0 Å². The molecule has 2 aromatic carbocycles. The van der Waals surface area contributed by atoms with Gasteiger partial charge in [-0.2, -0.15) is 11.3 Å². The lowest BCUT2D eigenvalue weighted by molar-refractivity contribution is 0.0928. The third kappa shape index (κ3) is 4.91. The first kappa shape index (κ1) is 20.6. The zero-order valence-electron chi connectivity index (χ0n) is 17.5. The Labute approximate surface area is 182 Å². The highest BCUT2D eigenvalue weighted by Crippen LogP contribution is 2.29. The monoisotopic (exact) mass is 420 g/mol. The molecule has 1 N–H and O–H groups in total. The van der Waals surface area contributed by atoms with Crippen LogP contribution in [0, 0.1) is 0 Å². The van der Waals surface area contributed by atoms with Gasteiger partial charge in [0.15, 0.2) is 0 Å². The maximum atomic E-state index is 12.8. The van der Waals surface area contributed by atoms with Gasteiger partial charge in [-0.05, 0) is 78.1 Å². The fraction of sp³-hybridized carbons (Fsp3) is 0.320. The van der Waals surface area contributed by atoms with E-state index in [0.29, 0.717) is 12.1 Å². The number of carbonyl (C=O) groups is 1. The van der Waals surface area contributed by atoms with Crippen LogP contribution in [0.2, 0.25) is 0 Å². The molecule has 1 amide bonds. The number of fused-ring (bicyclic) bond motifs is 1. The van der Waals surface area contributed by atoms with E-state index in [0.717, 1.165) is 25.3 Å². The van der Waals surface area contributed by atoms with Gasteiger partial charge in [0.25, 0.3) is 5.91 Å². The van der Waals surface area contributed by atoms with E-state index in [1.807, 2.05) is 38.1 Å². The molecule has 156 valence electrons. The van der Waals surface area contributed by atoms with Gasteiger partial charge in [-0.25, -0.2) is 0 Å². The summed E-state index contributed by atoms with van der Waals surface area (Å²) in [5.41, 5.74) is 4.74. The lowest BCUT2D eigenvalue weighted by Crippen LogP contribution is -2.40. The predicted molar refractivity (Wildman–Crippen MR) is 122 cm³/mol. The molecule has 0 radical (unpaired) electrons. The van der Waals surface area contributed by atoms with Gasteiger partial charge in [-0.15, -0.1) is 0 Å². The molecular formula is C25H28N2O2S. The molecular weight excluding hydrogens is 392 g/mol. The van der Waals surface area contributed by atoms with E-state index in [-0.39, 0.29) is 18.1 Å². The molecule has 1 aromatic heterocycles. The molecule has 0 bridgehead atoms. The lowest BCUT2D eigenvalue weighted by Gasteiger charge is -2.35. The van der Waals surface area contributed by atoms with E-state index in [2.05, 4.69) is 51.3 Å². The number of carbonyl (C=O) groups excluding carboxylic acids is 1. The van der Waals surface area contributed by atoms with E-state index in [1.165, 1.54) is 16.7 Å². The first-order chi connectivity index (χ1) is 14.6. The summed E-state index contributed by atoms with van der Waals surface area (Å²) in [5.74, 6) is 0.730.